The second-order valence-electron chi connectivity index (χ2n) is 5.72. The van der Waals surface area contributed by atoms with Gasteiger partial charge in [0.05, 0.1) is 10.3 Å². The summed E-state index contributed by atoms with van der Waals surface area (Å²) >= 11 is 0. The predicted molar refractivity (Wildman–Crippen MR) is 91.7 cm³/mol. The highest BCUT2D eigenvalue weighted by Gasteiger charge is 2.42. The van der Waals surface area contributed by atoms with E-state index >= 15 is 0 Å². The molecule has 0 atom stereocenters. The van der Waals surface area contributed by atoms with Gasteiger partial charge in [0.25, 0.3) is 5.76 Å². The molecule has 0 saturated carbocycles. The molecular weight excluding hydrogens is 383 g/mol. The fourth-order valence-electron chi connectivity index (χ4n) is 2.67. The zero-order chi connectivity index (χ0) is 20.6. The normalized spacial score (nSPS) is 11.6. The van der Waals surface area contributed by atoms with E-state index in [4.69, 9.17) is 9.15 Å². The van der Waals surface area contributed by atoms with Crippen LogP contribution in [-0.2, 0) is 12.6 Å². The van der Waals surface area contributed by atoms with Crippen molar-refractivity contribution in [2.24, 2.45) is 0 Å². The van der Waals surface area contributed by atoms with Gasteiger partial charge in [-0.05, 0) is 24.6 Å². The monoisotopic (exact) mass is 395 g/mol. The van der Waals surface area contributed by atoms with Gasteiger partial charge in [-0.15, -0.1) is 0 Å². The molecule has 3 aromatic rings. The highest BCUT2D eigenvalue weighted by molar-refractivity contribution is 5.90. The molecule has 0 amide bonds. The van der Waals surface area contributed by atoms with E-state index in [2.05, 4.69) is 0 Å². The summed E-state index contributed by atoms with van der Waals surface area (Å²) < 4.78 is 50.3. The summed E-state index contributed by atoms with van der Waals surface area (Å²) in [7, 11) is 0. The van der Waals surface area contributed by atoms with Crippen LogP contribution in [0.3, 0.4) is 0 Å². The van der Waals surface area contributed by atoms with Crippen LogP contribution in [0.4, 0.5) is 18.9 Å². The summed E-state index contributed by atoms with van der Waals surface area (Å²) in [5.74, 6) is -3.88. The zero-order valence-electron chi connectivity index (χ0n) is 14.2. The first-order chi connectivity index (χ1) is 13.1. The SMILES string of the molecule is CCc1cc2c(=O)c(Oc3ccccc3)c(C(F)(F)F)oc2c([N+](=O)[O-])c1O. The molecule has 0 spiro atoms. The molecule has 0 aliphatic heterocycles. The number of alkyl halides is 3. The van der Waals surface area contributed by atoms with Crippen LogP contribution < -0.4 is 10.2 Å². The molecule has 0 aliphatic carbocycles. The minimum atomic E-state index is -5.18. The third kappa shape index (κ3) is 3.24. The standard InChI is InChI=1S/C18H12F3NO6/c1-2-9-8-11-14(24)16(27-10-6-4-3-5-7-10)17(18(19,20)21)28-15(11)12(13(9)23)22(25)26/h3-8,23H,2H2,1H3. The average molecular weight is 395 g/mol. The quantitative estimate of drug-likeness (QED) is 0.504. The first kappa shape index (κ1) is 19.2. The van der Waals surface area contributed by atoms with Crippen molar-refractivity contribution in [3.8, 4) is 17.2 Å². The van der Waals surface area contributed by atoms with Gasteiger partial charge in [0.2, 0.25) is 22.5 Å². The molecule has 7 nitrogen and oxygen atoms in total. The van der Waals surface area contributed by atoms with Crippen molar-refractivity contribution in [1.29, 1.82) is 0 Å². The number of benzene rings is 2. The average Bonchev–Trinajstić information content (AvgIpc) is 2.63. The van der Waals surface area contributed by atoms with E-state index in [1.54, 1.807) is 13.0 Å². The van der Waals surface area contributed by atoms with Gasteiger partial charge in [-0.25, -0.2) is 0 Å². The van der Waals surface area contributed by atoms with Crippen molar-refractivity contribution in [3.63, 3.8) is 0 Å². The van der Waals surface area contributed by atoms with Crippen molar-refractivity contribution < 1.29 is 32.4 Å². The van der Waals surface area contributed by atoms with Crippen molar-refractivity contribution in [1.82, 2.24) is 0 Å². The van der Waals surface area contributed by atoms with E-state index < -0.39 is 50.4 Å². The number of nitro benzene ring substituents is 1. The van der Waals surface area contributed by atoms with Crippen molar-refractivity contribution in [2.75, 3.05) is 0 Å². The van der Waals surface area contributed by atoms with Crippen molar-refractivity contribution in [3.05, 3.63) is 68.1 Å². The number of hydrogen-bond donors (Lipinski definition) is 1. The maximum atomic E-state index is 13.5. The lowest BCUT2D eigenvalue weighted by Crippen LogP contribution is -2.16. The smallest absolute Gasteiger partial charge is 0.453 e. The molecule has 0 aliphatic rings. The fraction of sp³-hybridized carbons (Fsp3) is 0.167. The molecule has 1 aromatic heterocycles. The molecule has 0 unspecified atom stereocenters. The number of para-hydroxylation sites is 1. The maximum absolute atomic E-state index is 13.5. The topological polar surface area (TPSA) is 103 Å². The van der Waals surface area contributed by atoms with E-state index in [0.29, 0.717) is 0 Å². The lowest BCUT2D eigenvalue weighted by atomic mass is 10.1. The first-order valence-electron chi connectivity index (χ1n) is 7.95. The highest BCUT2D eigenvalue weighted by Crippen LogP contribution is 2.43. The Bertz CT molecular complexity index is 1120. The van der Waals surface area contributed by atoms with Crippen LogP contribution in [0.25, 0.3) is 11.0 Å². The van der Waals surface area contributed by atoms with E-state index in [0.717, 1.165) is 6.07 Å². The zero-order valence-corrected chi connectivity index (χ0v) is 14.2. The van der Waals surface area contributed by atoms with E-state index in [1.807, 2.05) is 0 Å². The lowest BCUT2D eigenvalue weighted by Gasteiger charge is -2.14. The van der Waals surface area contributed by atoms with Crippen LogP contribution in [0.5, 0.6) is 17.2 Å². The molecule has 2 aromatic carbocycles. The van der Waals surface area contributed by atoms with Crippen molar-refractivity contribution >= 4 is 16.7 Å². The van der Waals surface area contributed by atoms with Gasteiger partial charge in [-0.1, -0.05) is 25.1 Å². The summed E-state index contributed by atoms with van der Waals surface area (Å²) in [5.41, 5.74) is -3.31. The van der Waals surface area contributed by atoms with E-state index in [1.165, 1.54) is 24.3 Å². The lowest BCUT2D eigenvalue weighted by molar-refractivity contribution is -0.384. The number of phenols is 1. The Hall–Kier alpha value is -3.56. The van der Waals surface area contributed by atoms with Gasteiger partial charge in [0.1, 0.15) is 5.75 Å². The van der Waals surface area contributed by atoms with Gasteiger partial charge in [0, 0.05) is 5.56 Å². The molecule has 1 N–H and O–H groups in total. The van der Waals surface area contributed by atoms with Crippen LogP contribution in [0.15, 0.2) is 45.6 Å². The van der Waals surface area contributed by atoms with Gasteiger partial charge < -0.3 is 14.3 Å². The molecule has 10 heteroatoms. The Morgan fingerprint density at radius 1 is 1.25 bits per heavy atom. The highest BCUT2D eigenvalue weighted by atomic mass is 19.4. The molecule has 0 radical (unpaired) electrons. The van der Waals surface area contributed by atoms with Crippen LogP contribution in [0.1, 0.15) is 18.2 Å². The number of ether oxygens (including phenoxy) is 1. The molecule has 0 bridgehead atoms. The van der Waals surface area contributed by atoms with E-state index in [9.17, 15) is 33.2 Å². The molecule has 0 fully saturated rings. The van der Waals surface area contributed by atoms with Crippen LogP contribution in [0, 0.1) is 10.1 Å². The Balaban J connectivity index is 2.43. The largest absolute Gasteiger partial charge is 0.502 e. The second kappa shape index (κ2) is 6.87. The third-order valence-electron chi connectivity index (χ3n) is 3.95. The maximum Gasteiger partial charge on any atom is 0.453 e. The first-order valence-corrected chi connectivity index (χ1v) is 7.95. The van der Waals surface area contributed by atoms with Gasteiger partial charge in [-0.2, -0.15) is 13.2 Å². The summed E-state index contributed by atoms with van der Waals surface area (Å²) in [5, 5.41) is 20.9. The molecule has 3 rings (SSSR count). The van der Waals surface area contributed by atoms with Gasteiger partial charge in [0.15, 0.2) is 0 Å². The number of hydrogen-bond acceptors (Lipinski definition) is 6. The Morgan fingerprint density at radius 2 is 1.89 bits per heavy atom. The minimum absolute atomic E-state index is 0.0110. The molecule has 146 valence electrons. The van der Waals surface area contributed by atoms with Gasteiger partial charge >= 0.3 is 11.9 Å². The van der Waals surface area contributed by atoms with Gasteiger partial charge in [-0.3, -0.25) is 14.9 Å². The number of fused-ring (bicyclic) bond motifs is 1. The Labute approximate surface area is 154 Å². The van der Waals surface area contributed by atoms with E-state index in [-0.39, 0.29) is 17.7 Å². The molecule has 1 heterocycles. The summed E-state index contributed by atoms with van der Waals surface area (Å²) in [6, 6.07) is 8.30. The fourth-order valence-corrected chi connectivity index (χ4v) is 2.67. The summed E-state index contributed by atoms with van der Waals surface area (Å²) in [6.45, 7) is 1.55. The summed E-state index contributed by atoms with van der Waals surface area (Å²) in [6.07, 6.45) is -5.08. The number of nitrogens with zero attached hydrogens (tertiary/aromatic N) is 1. The minimum Gasteiger partial charge on any atom is -0.502 e. The van der Waals surface area contributed by atoms with Crippen LogP contribution in [-0.4, -0.2) is 10.0 Å². The number of halogens is 3. The Kier molecular flexibility index (Phi) is 4.72. The molecular formula is C18H12F3NO6. The number of aryl methyl sites for hydroxylation is 1. The number of aromatic hydroxyl groups is 1. The van der Waals surface area contributed by atoms with Crippen molar-refractivity contribution in [2.45, 2.75) is 19.5 Å². The molecule has 0 saturated heterocycles. The van der Waals surface area contributed by atoms with Crippen LogP contribution >= 0.6 is 0 Å². The molecule has 28 heavy (non-hydrogen) atoms. The van der Waals surface area contributed by atoms with Crippen LogP contribution in [0.2, 0.25) is 0 Å². The third-order valence-corrected chi connectivity index (χ3v) is 3.95. The number of phenolic OH excluding ortho intramolecular Hbond substituents is 1. The summed E-state index contributed by atoms with van der Waals surface area (Å²) in [4.78, 5) is 23.0. The number of nitro groups is 1. The second-order valence-corrected chi connectivity index (χ2v) is 5.72. The predicted octanol–water partition coefficient (Wildman–Crippen LogP) is 4.78. The number of rotatable bonds is 4. The Morgan fingerprint density at radius 3 is 2.43 bits per heavy atom.